The number of aryl methyl sites for hydroxylation is 1. The SMILES string of the molecule is CCNC(=O)Nc1ccc(C(F)(F)F)cc1C(=O)NCC(=O)N[C@H]1CCN(Cc2ccc(CC)cc2)C1. The number of nitrogens with one attached hydrogen (secondary N) is 4. The summed E-state index contributed by atoms with van der Waals surface area (Å²) in [7, 11) is 0. The van der Waals surface area contributed by atoms with Crippen LogP contribution in [0.25, 0.3) is 0 Å². The standard InChI is InChI=1S/C26H32F3N5O3/c1-3-17-5-7-18(8-6-17)15-34-12-11-20(16-34)32-23(35)14-31-24(36)21-13-19(26(27,28)29)9-10-22(21)33-25(37)30-4-2/h5-10,13,20H,3-4,11-12,14-16H2,1-2H3,(H,31,36)(H,32,35)(H2,30,33,37)/t20-/m0/s1. The van der Waals surface area contributed by atoms with Crippen molar-refractivity contribution < 1.29 is 27.6 Å². The second-order valence-electron chi connectivity index (χ2n) is 8.88. The summed E-state index contributed by atoms with van der Waals surface area (Å²) in [5.41, 5.74) is 0.924. The Labute approximate surface area is 214 Å². The van der Waals surface area contributed by atoms with Crippen molar-refractivity contribution in [3.8, 4) is 0 Å². The first-order chi connectivity index (χ1) is 17.6. The average Bonchev–Trinajstić information content (AvgIpc) is 3.29. The number of likely N-dealkylation sites (tertiary alicyclic amines) is 1. The van der Waals surface area contributed by atoms with E-state index in [1.165, 1.54) is 11.1 Å². The lowest BCUT2D eigenvalue weighted by atomic mass is 10.1. The van der Waals surface area contributed by atoms with Crippen molar-refractivity contribution in [1.29, 1.82) is 0 Å². The van der Waals surface area contributed by atoms with Crippen molar-refractivity contribution in [3.63, 3.8) is 0 Å². The third-order valence-electron chi connectivity index (χ3n) is 6.06. The fourth-order valence-corrected chi connectivity index (χ4v) is 4.11. The highest BCUT2D eigenvalue weighted by molar-refractivity contribution is 6.04. The fraction of sp³-hybridized carbons (Fsp3) is 0.423. The molecule has 37 heavy (non-hydrogen) atoms. The van der Waals surface area contributed by atoms with Gasteiger partial charge in [-0.1, -0.05) is 31.2 Å². The molecule has 1 saturated heterocycles. The average molecular weight is 520 g/mol. The minimum absolute atomic E-state index is 0.0946. The molecule has 0 saturated carbocycles. The molecular weight excluding hydrogens is 487 g/mol. The molecule has 1 aliphatic rings. The Morgan fingerprint density at radius 3 is 2.35 bits per heavy atom. The molecule has 0 aliphatic carbocycles. The van der Waals surface area contributed by atoms with Crippen LogP contribution >= 0.6 is 0 Å². The molecule has 4 N–H and O–H groups in total. The first kappa shape index (κ1) is 28.0. The number of nitrogens with zero attached hydrogens (tertiary/aromatic N) is 1. The van der Waals surface area contributed by atoms with Crippen LogP contribution in [0.15, 0.2) is 42.5 Å². The zero-order chi connectivity index (χ0) is 27.0. The maximum Gasteiger partial charge on any atom is 0.416 e. The van der Waals surface area contributed by atoms with E-state index in [9.17, 15) is 27.6 Å². The van der Waals surface area contributed by atoms with Crippen molar-refractivity contribution in [2.45, 2.75) is 45.5 Å². The summed E-state index contributed by atoms with van der Waals surface area (Å²) >= 11 is 0. The van der Waals surface area contributed by atoms with E-state index in [2.05, 4.69) is 57.4 Å². The second-order valence-corrected chi connectivity index (χ2v) is 8.88. The zero-order valence-corrected chi connectivity index (χ0v) is 20.9. The lowest BCUT2D eigenvalue weighted by molar-refractivity contribution is -0.137. The molecule has 1 fully saturated rings. The number of hydrogen-bond donors (Lipinski definition) is 4. The van der Waals surface area contributed by atoms with Crippen LogP contribution in [0.3, 0.4) is 0 Å². The summed E-state index contributed by atoms with van der Waals surface area (Å²) in [6.07, 6.45) is -2.95. The van der Waals surface area contributed by atoms with Gasteiger partial charge in [0.05, 0.1) is 23.4 Å². The molecule has 11 heteroatoms. The van der Waals surface area contributed by atoms with Crippen LogP contribution in [-0.2, 0) is 23.9 Å². The minimum Gasteiger partial charge on any atom is -0.350 e. The number of carbonyl (C=O) groups excluding carboxylic acids is 3. The molecule has 2 aromatic rings. The van der Waals surface area contributed by atoms with Gasteiger partial charge >= 0.3 is 12.2 Å². The van der Waals surface area contributed by atoms with E-state index < -0.39 is 41.7 Å². The van der Waals surface area contributed by atoms with E-state index in [0.717, 1.165) is 38.1 Å². The normalized spacial score (nSPS) is 15.8. The molecule has 1 heterocycles. The molecule has 8 nitrogen and oxygen atoms in total. The van der Waals surface area contributed by atoms with Crippen LogP contribution in [0.5, 0.6) is 0 Å². The Kier molecular flexibility index (Phi) is 9.51. The van der Waals surface area contributed by atoms with Gasteiger partial charge < -0.3 is 21.3 Å². The van der Waals surface area contributed by atoms with Gasteiger partial charge in [-0.05, 0) is 49.1 Å². The Morgan fingerprint density at radius 1 is 1.00 bits per heavy atom. The van der Waals surface area contributed by atoms with E-state index >= 15 is 0 Å². The van der Waals surface area contributed by atoms with Crippen molar-refractivity contribution in [1.82, 2.24) is 20.9 Å². The topological polar surface area (TPSA) is 103 Å². The van der Waals surface area contributed by atoms with Gasteiger partial charge in [0.2, 0.25) is 5.91 Å². The first-order valence-corrected chi connectivity index (χ1v) is 12.2. The molecule has 0 bridgehead atoms. The van der Waals surface area contributed by atoms with Crippen molar-refractivity contribution in [2.75, 3.05) is 31.5 Å². The van der Waals surface area contributed by atoms with E-state index in [-0.39, 0.29) is 18.3 Å². The number of carbonyl (C=O) groups is 3. The number of alkyl halides is 3. The first-order valence-electron chi connectivity index (χ1n) is 12.2. The van der Waals surface area contributed by atoms with Crippen LogP contribution in [0, 0.1) is 0 Å². The van der Waals surface area contributed by atoms with E-state index in [4.69, 9.17) is 0 Å². The molecule has 2 aromatic carbocycles. The predicted molar refractivity (Wildman–Crippen MR) is 134 cm³/mol. The van der Waals surface area contributed by atoms with Gasteiger partial charge in [0.25, 0.3) is 5.91 Å². The summed E-state index contributed by atoms with van der Waals surface area (Å²) in [6.45, 7) is 5.89. The van der Waals surface area contributed by atoms with E-state index in [0.29, 0.717) is 12.6 Å². The number of halogens is 3. The highest BCUT2D eigenvalue weighted by atomic mass is 19.4. The summed E-state index contributed by atoms with van der Waals surface area (Å²) in [5, 5.41) is 10.0. The monoisotopic (exact) mass is 519 g/mol. The Morgan fingerprint density at radius 2 is 1.70 bits per heavy atom. The van der Waals surface area contributed by atoms with Crippen LogP contribution in [0.4, 0.5) is 23.7 Å². The quantitative estimate of drug-likeness (QED) is 0.407. The molecule has 3 rings (SSSR count). The smallest absolute Gasteiger partial charge is 0.350 e. The molecule has 200 valence electrons. The summed E-state index contributed by atoms with van der Waals surface area (Å²) < 4.78 is 39.6. The number of rotatable bonds is 9. The van der Waals surface area contributed by atoms with Crippen molar-refractivity contribution in [2.24, 2.45) is 0 Å². The molecule has 0 aromatic heterocycles. The summed E-state index contributed by atoms with van der Waals surface area (Å²) in [5.74, 6) is -1.35. The second kappa shape index (κ2) is 12.6. The van der Waals surface area contributed by atoms with Crippen LogP contribution in [0.2, 0.25) is 0 Å². The molecule has 0 unspecified atom stereocenters. The van der Waals surface area contributed by atoms with Gasteiger partial charge in [0, 0.05) is 32.2 Å². The molecule has 4 amide bonds. The van der Waals surface area contributed by atoms with Gasteiger partial charge in [-0.2, -0.15) is 13.2 Å². The highest BCUT2D eigenvalue weighted by Gasteiger charge is 2.32. The van der Waals surface area contributed by atoms with Gasteiger partial charge in [-0.3, -0.25) is 14.5 Å². The van der Waals surface area contributed by atoms with Gasteiger partial charge in [0.1, 0.15) is 0 Å². The van der Waals surface area contributed by atoms with Crippen LogP contribution in [0.1, 0.15) is 47.3 Å². The summed E-state index contributed by atoms with van der Waals surface area (Å²) in [6, 6.07) is 10.1. The van der Waals surface area contributed by atoms with E-state index in [1.54, 1.807) is 6.92 Å². The van der Waals surface area contributed by atoms with Crippen LogP contribution < -0.4 is 21.3 Å². The molecule has 0 spiro atoms. The molecular formula is C26H32F3N5O3. The largest absolute Gasteiger partial charge is 0.416 e. The van der Waals surface area contributed by atoms with Crippen molar-refractivity contribution in [3.05, 3.63) is 64.7 Å². The maximum absolute atomic E-state index is 13.2. The third kappa shape index (κ3) is 8.21. The van der Waals surface area contributed by atoms with Crippen molar-refractivity contribution >= 4 is 23.5 Å². The highest BCUT2D eigenvalue weighted by Crippen LogP contribution is 2.32. The Balaban J connectivity index is 1.55. The Hall–Kier alpha value is -3.60. The lowest BCUT2D eigenvalue weighted by Crippen LogP contribution is -2.43. The van der Waals surface area contributed by atoms with Gasteiger partial charge in [0.15, 0.2) is 0 Å². The fourth-order valence-electron chi connectivity index (χ4n) is 4.11. The molecule has 1 atom stereocenters. The number of hydrogen-bond acceptors (Lipinski definition) is 4. The number of anilines is 1. The summed E-state index contributed by atoms with van der Waals surface area (Å²) in [4.78, 5) is 39.2. The minimum atomic E-state index is -4.68. The Bertz CT molecular complexity index is 1110. The number of benzene rings is 2. The number of urea groups is 1. The lowest BCUT2D eigenvalue weighted by Gasteiger charge is -2.17. The van der Waals surface area contributed by atoms with Crippen LogP contribution in [-0.4, -0.2) is 55.0 Å². The maximum atomic E-state index is 13.2. The predicted octanol–water partition coefficient (Wildman–Crippen LogP) is 3.53. The molecule has 0 radical (unpaired) electrons. The zero-order valence-electron chi connectivity index (χ0n) is 20.9. The third-order valence-corrected chi connectivity index (χ3v) is 6.06. The molecule has 1 aliphatic heterocycles. The van der Waals surface area contributed by atoms with Gasteiger partial charge in [-0.15, -0.1) is 0 Å². The van der Waals surface area contributed by atoms with E-state index in [1.807, 2.05) is 0 Å². The number of amides is 4. The van der Waals surface area contributed by atoms with Gasteiger partial charge in [-0.25, -0.2) is 4.79 Å².